The van der Waals surface area contributed by atoms with Crippen LogP contribution in [0.2, 0.25) is 0 Å². The molecule has 1 saturated heterocycles. The quantitative estimate of drug-likeness (QED) is 0.839. The zero-order valence-electron chi connectivity index (χ0n) is 15.8. The Kier molecular flexibility index (Phi) is 4.77. The summed E-state index contributed by atoms with van der Waals surface area (Å²) in [6.45, 7) is 4.89. The second-order valence-electron chi connectivity index (χ2n) is 7.54. The highest BCUT2D eigenvalue weighted by atomic mass is 16.5. The highest BCUT2D eigenvalue weighted by molar-refractivity contribution is 5.90. The normalized spacial score (nSPS) is 24.2. The minimum absolute atomic E-state index is 0.121. The van der Waals surface area contributed by atoms with Gasteiger partial charge in [0.2, 0.25) is 12.2 Å². The minimum atomic E-state index is -0.896. The van der Waals surface area contributed by atoms with Gasteiger partial charge in [-0.1, -0.05) is 0 Å². The van der Waals surface area contributed by atoms with E-state index in [0.29, 0.717) is 25.2 Å². The van der Waals surface area contributed by atoms with Gasteiger partial charge in [0.1, 0.15) is 0 Å². The second-order valence-corrected chi connectivity index (χ2v) is 7.54. The summed E-state index contributed by atoms with van der Waals surface area (Å²) < 4.78 is 5.43. The molecule has 145 valence electrons. The molecule has 2 aliphatic rings. The molecule has 4 rings (SSSR count). The van der Waals surface area contributed by atoms with Crippen molar-refractivity contribution in [3.05, 3.63) is 53.3 Å². The van der Waals surface area contributed by atoms with Gasteiger partial charge in [0, 0.05) is 30.5 Å². The van der Waals surface area contributed by atoms with Crippen LogP contribution in [0.1, 0.15) is 36.1 Å². The molecule has 7 heteroatoms. The summed E-state index contributed by atoms with van der Waals surface area (Å²) in [6.07, 6.45) is 6.04. The molecule has 3 N–H and O–H groups in total. The molecule has 1 amide bonds. The Bertz CT molecular complexity index is 910. The summed E-state index contributed by atoms with van der Waals surface area (Å²) in [6, 6.07) is 7.17. The largest absolute Gasteiger partial charge is 0.378 e. The Labute approximate surface area is 163 Å². The lowest BCUT2D eigenvalue weighted by Crippen LogP contribution is -2.44. The summed E-state index contributed by atoms with van der Waals surface area (Å²) in [5.41, 5.74) is 8.87. The van der Waals surface area contributed by atoms with Crippen molar-refractivity contribution in [3.63, 3.8) is 0 Å². The van der Waals surface area contributed by atoms with Crippen LogP contribution < -0.4 is 16.0 Å². The molecule has 0 saturated carbocycles. The smallest absolute Gasteiger partial charge is 0.233 e. The Morgan fingerprint density at radius 2 is 2.11 bits per heavy atom. The topological polar surface area (TPSA) is 97.6 Å². The van der Waals surface area contributed by atoms with Gasteiger partial charge in [-0.15, -0.1) is 0 Å². The number of morpholine rings is 1. The number of pyridine rings is 1. The molecule has 2 unspecified atom stereocenters. The molecule has 2 aromatic rings. The first-order valence-electron chi connectivity index (χ1n) is 9.38. The minimum Gasteiger partial charge on any atom is -0.378 e. The lowest BCUT2D eigenvalue weighted by Gasteiger charge is -2.39. The van der Waals surface area contributed by atoms with E-state index in [-0.39, 0.29) is 6.04 Å². The molecule has 1 radical (unpaired) electrons. The molecular weight excluding hydrogens is 356 g/mol. The van der Waals surface area contributed by atoms with Gasteiger partial charge in [-0.2, -0.15) is 0 Å². The third-order valence-corrected chi connectivity index (χ3v) is 5.74. The van der Waals surface area contributed by atoms with Gasteiger partial charge in [-0.25, -0.2) is 0 Å². The number of nitrogens with zero attached hydrogens (tertiary/aromatic N) is 2. The molecule has 1 fully saturated rings. The van der Waals surface area contributed by atoms with Crippen LogP contribution in [0.15, 0.2) is 36.7 Å². The first kappa shape index (κ1) is 18.4. The summed E-state index contributed by atoms with van der Waals surface area (Å²) in [7, 11) is 0. The number of nitrogens with one attached hydrogen (secondary N) is 1. The van der Waals surface area contributed by atoms with Gasteiger partial charge in [-0.05, 0) is 48.7 Å². The van der Waals surface area contributed by atoms with Gasteiger partial charge in [-0.3, -0.25) is 14.6 Å². The molecule has 0 aliphatic carbocycles. The first-order chi connectivity index (χ1) is 13.5. The summed E-state index contributed by atoms with van der Waals surface area (Å²) in [5, 5.41) is 3.48. The van der Waals surface area contributed by atoms with E-state index < -0.39 is 11.3 Å². The van der Waals surface area contributed by atoms with E-state index in [4.69, 9.17) is 10.5 Å². The Morgan fingerprint density at radius 1 is 1.32 bits per heavy atom. The maximum absolute atomic E-state index is 12.4. The van der Waals surface area contributed by atoms with Crippen LogP contribution in [0.25, 0.3) is 0 Å². The lowest BCUT2D eigenvalue weighted by atomic mass is 9.71. The van der Waals surface area contributed by atoms with Gasteiger partial charge in [0.25, 0.3) is 0 Å². The van der Waals surface area contributed by atoms with Crippen molar-refractivity contribution in [2.24, 2.45) is 5.73 Å². The van der Waals surface area contributed by atoms with Crippen LogP contribution in [0.3, 0.4) is 0 Å². The van der Waals surface area contributed by atoms with Crippen LogP contribution in [-0.4, -0.2) is 43.5 Å². The van der Waals surface area contributed by atoms with Crippen molar-refractivity contribution in [1.82, 2.24) is 4.98 Å². The highest BCUT2D eigenvalue weighted by Gasteiger charge is 2.42. The van der Waals surface area contributed by atoms with Crippen molar-refractivity contribution in [3.8, 4) is 0 Å². The fourth-order valence-corrected chi connectivity index (χ4v) is 4.01. The number of hydrogen-bond acceptors (Lipinski definition) is 6. The number of carbonyl (C=O) groups is 1. The summed E-state index contributed by atoms with van der Waals surface area (Å²) >= 11 is 0. The van der Waals surface area contributed by atoms with Gasteiger partial charge < -0.3 is 20.7 Å². The maximum atomic E-state index is 12.4. The zero-order chi connectivity index (χ0) is 19.7. The summed E-state index contributed by atoms with van der Waals surface area (Å²) in [4.78, 5) is 30.1. The SMILES string of the molecule is CC1(C(N)=O)CC(c2cncc(N3CCOCC3)c2)Nc2ccc([C]=O)cc21. The van der Waals surface area contributed by atoms with Crippen LogP contribution in [0.4, 0.5) is 11.4 Å². The monoisotopic (exact) mass is 379 g/mol. The van der Waals surface area contributed by atoms with Crippen molar-refractivity contribution < 1.29 is 14.3 Å². The molecule has 1 aromatic carbocycles. The molecule has 7 nitrogen and oxygen atoms in total. The number of hydrogen-bond donors (Lipinski definition) is 2. The number of amides is 1. The second kappa shape index (κ2) is 7.24. The number of benzene rings is 1. The third kappa shape index (κ3) is 3.22. The van der Waals surface area contributed by atoms with Gasteiger partial charge in [0.15, 0.2) is 0 Å². The van der Waals surface area contributed by atoms with E-state index >= 15 is 0 Å². The van der Waals surface area contributed by atoms with Gasteiger partial charge in [0.05, 0.1) is 36.6 Å². The molecule has 0 spiro atoms. The fourth-order valence-electron chi connectivity index (χ4n) is 4.01. The van der Waals surface area contributed by atoms with E-state index in [0.717, 1.165) is 35.6 Å². The highest BCUT2D eigenvalue weighted by Crippen LogP contribution is 2.44. The lowest BCUT2D eigenvalue weighted by molar-refractivity contribution is -0.123. The van der Waals surface area contributed by atoms with Gasteiger partial charge >= 0.3 is 0 Å². The van der Waals surface area contributed by atoms with Crippen LogP contribution in [-0.2, 0) is 19.7 Å². The number of fused-ring (bicyclic) bond motifs is 1. The average Bonchev–Trinajstić information content (AvgIpc) is 2.74. The first-order valence-corrected chi connectivity index (χ1v) is 9.38. The number of carbonyl (C=O) groups excluding carboxylic acids is 2. The van der Waals surface area contributed by atoms with Crippen LogP contribution in [0.5, 0.6) is 0 Å². The van der Waals surface area contributed by atoms with E-state index in [1.165, 1.54) is 0 Å². The molecule has 28 heavy (non-hydrogen) atoms. The number of aromatic nitrogens is 1. The molecule has 1 aromatic heterocycles. The van der Waals surface area contributed by atoms with Crippen molar-refractivity contribution >= 4 is 23.6 Å². The molecule has 0 bridgehead atoms. The maximum Gasteiger partial charge on any atom is 0.233 e. The number of nitrogens with two attached hydrogens (primary N) is 1. The molecule has 2 aliphatic heterocycles. The Balaban J connectivity index is 1.70. The predicted octanol–water partition coefficient (Wildman–Crippen LogP) is 1.68. The predicted molar refractivity (Wildman–Crippen MR) is 106 cm³/mol. The number of rotatable bonds is 4. The Hall–Kier alpha value is -2.93. The number of primary amides is 1. The van der Waals surface area contributed by atoms with Crippen molar-refractivity contribution in [2.75, 3.05) is 36.5 Å². The molecular formula is C21H23N4O3. The van der Waals surface area contributed by atoms with E-state index in [1.54, 1.807) is 12.1 Å². The van der Waals surface area contributed by atoms with Crippen LogP contribution >= 0.6 is 0 Å². The Morgan fingerprint density at radius 3 is 2.82 bits per heavy atom. The van der Waals surface area contributed by atoms with Crippen LogP contribution in [0, 0.1) is 0 Å². The van der Waals surface area contributed by atoms with E-state index in [9.17, 15) is 9.59 Å². The zero-order valence-corrected chi connectivity index (χ0v) is 15.8. The molecule has 2 atom stereocenters. The number of anilines is 2. The average molecular weight is 379 g/mol. The van der Waals surface area contributed by atoms with E-state index in [2.05, 4.69) is 21.3 Å². The standard InChI is InChI=1S/C21H23N4O3/c1-21(20(22)27)10-19(24-18-3-2-14(13-26)8-17(18)21)15-9-16(12-23-11-15)25-4-6-28-7-5-25/h2-3,8-9,11-12,19,24H,4-7,10H2,1H3,(H2,22,27). The van der Waals surface area contributed by atoms with Crippen molar-refractivity contribution in [2.45, 2.75) is 24.8 Å². The van der Waals surface area contributed by atoms with Crippen molar-refractivity contribution in [1.29, 1.82) is 0 Å². The summed E-state index contributed by atoms with van der Waals surface area (Å²) in [5.74, 6) is -0.416. The third-order valence-electron chi connectivity index (χ3n) is 5.74. The fraction of sp³-hybridized carbons (Fsp3) is 0.381. The molecule has 3 heterocycles. The number of ether oxygens (including phenoxy) is 1. The van der Waals surface area contributed by atoms with E-state index in [1.807, 2.05) is 31.7 Å².